The molecule has 124 valence electrons. The van der Waals surface area contributed by atoms with E-state index in [2.05, 4.69) is 38.8 Å². The third-order valence-electron chi connectivity index (χ3n) is 4.18. The Morgan fingerprint density at radius 3 is 2.55 bits per heavy atom. The molecule has 0 aromatic carbocycles. The largest absolute Gasteiger partial charge is 0.462 e. The molecular formula is C17H29NO3Si. The van der Waals surface area contributed by atoms with E-state index in [1.54, 1.807) is 19.3 Å². The quantitative estimate of drug-likeness (QED) is 0.428. The molecule has 5 heteroatoms. The van der Waals surface area contributed by atoms with Gasteiger partial charge in [0.1, 0.15) is 0 Å². The Kier molecular flexibility index (Phi) is 6.75. The zero-order valence-corrected chi connectivity index (χ0v) is 15.7. The van der Waals surface area contributed by atoms with E-state index in [4.69, 9.17) is 9.16 Å². The molecule has 0 radical (unpaired) electrons. The summed E-state index contributed by atoms with van der Waals surface area (Å²) in [4.78, 5) is 15.8. The van der Waals surface area contributed by atoms with Crippen molar-refractivity contribution in [2.24, 2.45) is 0 Å². The number of carbonyl (C=O) groups excluding carboxylic acids is 1. The Hall–Kier alpha value is -1.20. The molecule has 1 aromatic rings. The fourth-order valence-corrected chi connectivity index (χ4v) is 2.86. The monoisotopic (exact) mass is 323 g/mol. The van der Waals surface area contributed by atoms with Crippen molar-refractivity contribution in [3.8, 4) is 0 Å². The molecule has 0 bridgehead atoms. The summed E-state index contributed by atoms with van der Waals surface area (Å²) in [5.41, 5.74) is 1.56. The van der Waals surface area contributed by atoms with Gasteiger partial charge < -0.3 is 9.16 Å². The van der Waals surface area contributed by atoms with Gasteiger partial charge in [-0.25, -0.2) is 4.79 Å². The van der Waals surface area contributed by atoms with Crippen molar-refractivity contribution in [2.75, 3.05) is 13.2 Å². The van der Waals surface area contributed by atoms with E-state index in [1.165, 1.54) is 0 Å². The molecule has 0 amide bonds. The zero-order chi connectivity index (χ0) is 16.8. The molecule has 22 heavy (non-hydrogen) atoms. The topological polar surface area (TPSA) is 48.4 Å². The highest BCUT2D eigenvalue weighted by atomic mass is 28.4. The van der Waals surface area contributed by atoms with E-state index in [0.717, 1.165) is 25.0 Å². The molecule has 0 atom stereocenters. The van der Waals surface area contributed by atoms with Gasteiger partial charge in [-0.2, -0.15) is 0 Å². The summed E-state index contributed by atoms with van der Waals surface area (Å²) in [6.07, 6.45) is 5.14. The van der Waals surface area contributed by atoms with Crippen molar-refractivity contribution in [1.29, 1.82) is 0 Å². The fraction of sp³-hybridized carbons (Fsp3) is 0.647. The van der Waals surface area contributed by atoms with Crippen LogP contribution in [0.3, 0.4) is 0 Å². The smallest absolute Gasteiger partial charge is 0.339 e. The molecule has 0 aliphatic heterocycles. The molecular weight excluding hydrogens is 294 g/mol. The highest BCUT2D eigenvalue weighted by Gasteiger charge is 2.36. The molecule has 0 N–H and O–H groups in total. The second-order valence-electron chi connectivity index (χ2n) is 7.01. The molecule has 0 spiro atoms. The SMILES string of the molecule is CCOC(=O)c1cncc(CCCO[Si](C)(C)C(C)(C)C)c1. The maximum atomic E-state index is 11.7. The van der Waals surface area contributed by atoms with Gasteiger partial charge in [-0.3, -0.25) is 4.98 Å². The lowest BCUT2D eigenvalue weighted by molar-refractivity contribution is 0.0525. The summed E-state index contributed by atoms with van der Waals surface area (Å²) < 4.78 is 11.2. The lowest BCUT2D eigenvalue weighted by Crippen LogP contribution is -2.41. The first kappa shape index (κ1) is 18.8. The van der Waals surface area contributed by atoms with Crippen molar-refractivity contribution < 1.29 is 14.0 Å². The maximum absolute atomic E-state index is 11.7. The van der Waals surface area contributed by atoms with Crippen LogP contribution in [-0.4, -0.2) is 32.5 Å². The third-order valence-corrected chi connectivity index (χ3v) is 8.72. The lowest BCUT2D eigenvalue weighted by Gasteiger charge is -2.36. The number of aryl methyl sites for hydroxylation is 1. The van der Waals surface area contributed by atoms with Gasteiger partial charge in [-0.15, -0.1) is 0 Å². The van der Waals surface area contributed by atoms with E-state index >= 15 is 0 Å². The predicted octanol–water partition coefficient (Wildman–Crippen LogP) is 4.21. The first-order valence-corrected chi connectivity index (χ1v) is 10.8. The molecule has 0 unspecified atom stereocenters. The van der Waals surface area contributed by atoms with Crippen LogP contribution in [0, 0.1) is 0 Å². The molecule has 0 fully saturated rings. The van der Waals surface area contributed by atoms with Gasteiger partial charge in [0.15, 0.2) is 8.32 Å². The van der Waals surface area contributed by atoms with Gasteiger partial charge in [-0.1, -0.05) is 20.8 Å². The maximum Gasteiger partial charge on any atom is 0.339 e. The highest BCUT2D eigenvalue weighted by molar-refractivity contribution is 6.74. The number of pyridine rings is 1. The molecule has 4 nitrogen and oxygen atoms in total. The Balaban J connectivity index is 2.49. The number of hydrogen-bond donors (Lipinski definition) is 0. The van der Waals surface area contributed by atoms with E-state index in [0.29, 0.717) is 12.2 Å². The number of hydrogen-bond acceptors (Lipinski definition) is 4. The number of esters is 1. The second kappa shape index (κ2) is 7.88. The van der Waals surface area contributed by atoms with Gasteiger partial charge >= 0.3 is 5.97 Å². The Bertz CT molecular complexity index is 495. The van der Waals surface area contributed by atoms with Crippen LogP contribution >= 0.6 is 0 Å². The summed E-state index contributed by atoms with van der Waals surface area (Å²) in [5.74, 6) is -0.311. The fourth-order valence-electron chi connectivity index (χ4n) is 1.77. The summed E-state index contributed by atoms with van der Waals surface area (Å²) in [6.45, 7) is 14.2. The molecule has 1 aromatic heterocycles. The number of rotatable bonds is 7. The molecule has 1 heterocycles. The number of nitrogens with zero attached hydrogens (tertiary/aromatic N) is 1. The molecule has 0 aliphatic carbocycles. The van der Waals surface area contributed by atoms with Gasteiger partial charge in [0.2, 0.25) is 0 Å². The van der Waals surface area contributed by atoms with Crippen molar-refractivity contribution in [3.05, 3.63) is 29.6 Å². The van der Waals surface area contributed by atoms with Crippen LogP contribution in [0.2, 0.25) is 18.1 Å². The highest BCUT2D eigenvalue weighted by Crippen LogP contribution is 2.36. The number of ether oxygens (including phenoxy) is 1. The van der Waals surface area contributed by atoms with Crippen LogP contribution in [0.4, 0.5) is 0 Å². The number of aromatic nitrogens is 1. The molecule has 0 saturated heterocycles. The van der Waals surface area contributed by atoms with Gasteiger partial charge in [0.25, 0.3) is 0 Å². The van der Waals surface area contributed by atoms with Gasteiger partial charge in [0.05, 0.1) is 12.2 Å². The van der Waals surface area contributed by atoms with Crippen molar-refractivity contribution >= 4 is 14.3 Å². The van der Waals surface area contributed by atoms with E-state index in [9.17, 15) is 4.79 Å². The Morgan fingerprint density at radius 1 is 1.27 bits per heavy atom. The first-order chi connectivity index (χ1) is 10.2. The summed E-state index contributed by atoms with van der Waals surface area (Å²) in [5, 5.41) is 0.235. The third kappa shape index (κ3) is 5.53. The normalized spacial score (nSPS) is 12.3. The van der Waals surface area contributed by atoms with Gasteiger partial charge in [-0.05, 0) is 49.5 Å². The van der Waals surface area contributed by atoms with Crippen LogP contribution in [-0.2, 0) is 15.6 Å². The minimum atomic E-state index is -1.67. The standard InChI is InChI=1S/C17H29NO3Si/c1-7-20-16(19)15-11-14(12-18-13-15)9-8-10-21-22(5,6)17(2,3)4/h11-13H,7-10H2,1-6H3. The molecule has 0 saturated carbocycles. The molecule has 0 aliphatic rings. The van der Waals surface area contributed by atoms with Crippen molar-refractivity contribution in [3.63, 3.8) is 0 Å². The van der Waals surface area contributed by atoms with Crippen molar-refractivity contribution in [2.45, 2.75) is 58.7 Å². The zero-order valence-electron chi connectivity index (χ0n) is 14.7. The van der Waals surface area contributed by atoms with Crippen LogP contribution in [0.1, 0.15) is 50.0 Å². The van der Waals surface area contributed by atoms with Crippen LogP contribution in [0.15, 0.2) is 18.5 Å². The summed E-state index contributed by atoms with van der Waals surface area (Å²) in [7, 11) is -1.67. The van der Waals surface area contributed by atoms with E-state index < -0.39 is 8.32 Å². The van der Waals surface area contributed by atoms with E-state index in [1.807, 2.05) is 6.07 Å². The van der Waals surface area contributed by atoms with Crippen LogP contribution in [0.25, 0.3) is 0 Å². The van der Waals surface area contributed by atoms with Gasteiger partial charge in [0, 0.05) is 19.0 Å². The second-order valence-corrected chi connectivity index (χ2v) is 11.8. The minimum absolute atomic E-state index is 0.235. The van der Waals surface area contributed by atoms with Crippen molar-refractivity contribution in [1.82, 2.24) is 4.98 Å². The summed E-state index contributed by atoms with van der Waals surface area (Å²) in [6, 6.07) is 1.86. The molecule has 1 rings (SSSR count). The predicted molar refractivity (Wildman–Crippen MR) is 91.7 cm³/mol. The first-order valence-electron chi connectivity index (χ1n) is 7.92. The number of carbonyl (C=O) groups is 1. The summed E-state index contributed by atoms with van der Waals surface area (Å²) >= 11 is 0. The average molecular weight is 324 g/mol. The van der Waals surface area contributed by atoms with Crippen LogP contribution < -0.4 is 0 Å². The van der Waals surface area contributed by atoms with E-state index in [-0.39, 0.29) is 11.0 Å². The van der Waals surface area contributed by atoms with Crippen LogP contribution in [0.5, 0.6) is 0 Å². The Labute approximate surface area is 135 Å². The Morgan fingerprint density at radius 2 is 1.95 bits per heavy atom. The average Bonchev–Trinajstić information content (AvgIpc) is 2.43. The minimum Gasteiger partial charge on any atom is -0.462 e. The lowest BCUT2D eigenvalue weighted by atomic mass is 10.1.